The van der Waals surface area contributed by atoms with Gasteiger partial charge in [0.25, 0.3) is 0 Å². The van der Waals surface area contributed by atoms with Gasteiger partial charge in [0.15, 0.2) is 5.82 Å². The van der Waals surface area contributed by atoms with Crippen molar-refractivity contribution in [2.75, 3.05) is 5.84 Å². The van der Waals surface area contributed by atoms with E-state index in [1.807, 2.05) is 24.3 Å². The van der Waals surface area contributed by atoms with Crippen LogP contribution in [0.25, 0.3) is 11.4 Å². The first-order valence-electron chi connectivity index (χ1n) is 7.73. The highest BCUT2D eigenvalue weighted by Gasteiger charge is 2.14. The van der Waals surface area contributed by atoms with Crippen LogP contribution < -0.4 is 5.84 Å². The monoisotopic (exact) mass is 358 g/mol. The van der Waals surface area contributed by atoms with Crippen molar-refractivity contribution in [3.63, 3.8) is 0 Å². The smallest absolute Gasteiger partial charge is 0.210 e. The number of halogens is 1. The van der Waals surface area contributed by atoms with Crippen molar-refractivity contribution in [2.24, 2.45) is 0 Å². The van der Waals surface area contributed by atoms with Crippen LogP contribution in [0.15, 0.2) is 53.7 Å². The van der Waals surface area contributed by atoms with Gasteiger partial charge in [-0.3, -0.25) is 0 Å². The van der Waals surface area contributed by atoms with E-state index in [1.54, 1.807) is 11.8 Å². The Morgan fingerprint density at radius 2 is 1.79 bits per heavy atom. The summed E-state index contributed by atoms with van der Waals surface area (Å²) in [5.41, 5.74) is 3.35. The SMILES string of the molecule is CC(C)c1ccc(CSc2nnc(-c3ccccc3Cl)n2N)cc1. The fraction of sp³-hybridized carbons (Fsp3) is 0.222. The van der Waals surface area contributed by atoms with Gasteiger partial charge in [0.2, 0.25) is 5.16 Å². The van der Waals surface area contributed by atoms with Gasteiger partial charge in [0, 0.05) is 11.3 Å². The molecule has 3 aromatic rings. The second kappa shape index (κ2) is 7.28. The molecule has 0 atom stereocenters. The summed E-state index contributed by atoms with van der Waals surface area (Å²) in [6, 6.07) is 16.1. The van der Waals surface area contributed by atoms with E-state index in [9.17, 15) is 0 Å². The summed E-state index contributed by atoms with van der Waals surface area (Å²) in [5, 5.41) is 9.64. The third-order valence-corrected chi connectivity index (χ3v) is 5.14. The van der Waals surface area contributed by atoms with Gasteiger partial charge >= 0.3 is 0 Å². The lowest BCUT2D eigenvalue weighted by molar-refractivity contribution is 0.849. The summed E-state index contributed by atoms with van der Waals surface area (Å²) in [6.07, 6.45) is 0. The average Bonchev–Trinajstić information content (AvgIpc) is 2.94. The molecule has 2 aromatic carbocycles. The molecule has 0 fully saturated rings. The Labute approximate surface area is 151 Å². The first-order chi connectivity index (χ1) is 11.6. The van der Waals surface area contributed by atoms with Crippen molar-refractivity contribution in [1.29, 1.82) is 0 Å². The molecule has 0 radical (unpaired) electrons. The Bertz CT molecular complexity index is 827. The maximum atomic E-state index is 6.21. The third kappa shape index (κ3) is 3.57. The molecule has 2 N–H and O–H groups in total. The largest absolute Gasteiger partial charge is 0.335 e. The fourth-order valence-electron chi connectivity index (χ4n) is 2.35. The number of nitrogens with zero attached hydrogens (tertiary/aromatic N) is 3. The standard InChI is InChI=1S/C18H19ClN4S/c1-12(2)14-9-7-13(8-10-14)11-24-18-22-21-17(23(18)20)15-5-3-4-6-16(15)19/h3-10,12H,11,20H2,1-2H3. The van der Waals surface area contributed by atoms with Gasteiger partial charge in [-0.2, -0.15) is 0 Å². The molecule has 0 spiro atoms. The quantitative estimate of drug-likeness (QED) is 0.529. The van der Waals surface area contributed by atoms with E-state index in [1.165, 1.54) is 15.8 Å². The molecule has 0 saturated heterocycles. The molecule has 0 aliphatic rings. The van der Waals surface area contributed by atoms with Crippen LogP contribution in [-0.4, -0.2) is 14.9 Å². The lowest BCUT2D eigenvalue weighted by Crippen LogP contribution is -2.11. The summed E-state index contributed by atoms with van der Waals surface area (Å²) < 4.78 is 1.49. The molecule has 0 amide bonds. The summed E-state index contributed by atoms with van der Waals surface area (Å²) in [6.45, 7) is 4.38. The molecule has 24 heavy (non-hydrogen) atoms. The lowest BCUT2D eigenvalue weighted by atomic mass is 10.0. The van der Waals surface area contributed by atoms with Gasteiger partial charge in [0.1, 0.15) is 0 Å². The topological polar surface area (TPSA) is 56.7 Å². The van der Waals surface area contributed by atoms with Gasteiger partial charge in [-0.05, 0) is 29.2 Å². The molecule has 6 heteroatoms. The van der Waals surface area contributed by atoms with E-state index < -0.39 is 0 Å². The predicted molar refractivity (Wildman–Crippen MR) is 101 cm³/mol. The normalized spacial score (nSPS) is 11.2. The lowest BCUT2D eigenvalue weighted by Gasteiger charge is -2.07. The van der Waals surface area contributed by atoms with E-state index in [2.05, 4.69) is 48.3 Å². The van der Waals surface area contributed by atoms with Gasteiger partial charge in [-0.25, -0.2) is 4.68 Å². The van der Waals surface area contributed by atoms with Crippen molar-refractivity contribution in [1.82, 2.24) is 14.9 Å². The molecule has 0 saturated carbocycles. The first kappa shape index (κ1) is 16.9. The highest BCUT2D eigenvalue weighted by molar-refractivity contribution is 7.98. The molecular weight excluding hydrogens is 340 g/mol. The van der Waals surface area contributed by atoms with Crippen LogP contribution in [0.4, 0.5) is 0 Å². The minimum atomic E-state index is 0.539. The van der Waals surface area contributed by atoms with E-state index in [-0.39, 0.29) is 0 Å². The summed E-state index contributed by atoms with van der Waals surface area (Å²) in [7, 11) is 0. The maximum absolute atomic E-state index is 6.21. The zero-order chi connectivity index (χ0) is 17.1. The van der Waals surface area contributed by atoms with Crippen LogP contribution in [0.3, 0.4) is 0 Å². The van der Waals surface area contributed by atoms with Crippen LogP contribution in [0.1, 0.15) is 30.9 Å². The summed E-state index contributed by atoms with van der Waals surface area (Å²) >= 11 is 7.77. The van der Waals surface area contributed by atoms with Crippen molar-refractivity contribution >= 4 is 23.4 Å². The van der Waals surface area contributed by atoms with Gasteiger partial charge in [-0.1, -0.05) is 73.6 Å². The van der Waals surface area contributed by atoms with Crippen molar-refractivity contribution < 1.29 is 0 Å². The highest BCUT2D eigenvalue weighted by atomic mass is 35.5. The molecule has 1 heterocycles. The van der Waals surface area contributed by atoms with E-state index in [0.29, 0.717) is 21.9 Å². The van der Waals surface area contributed by atoms with Crippen molar-refractivity contribution in [3.8, 4) is 11.4 Å². The van der Waals surface area contributed by atoms with Crippen LogP contribution >= 0.6 is 23.4 Å². The van der Waals surface area contributed by atoms with Gasteiger partial charge in [0.05, 0.1) is 5.02 Å². The Kier molecular flexibility index (Phi) is 5.11. The number of aromatic nitrogens is 3. The third-order valence-electron chi connectivity index (χ3n) is 3.79. The molecule has 1 aromatic heterocycles. The second-order valence-electron chi connectivity index (χ2n) is 5.84. The summed E-state index contributed by atoms with van der Waals surface area (Å²) in [4.78, 5) is 0. The molecule has 4 nitrogen and oxygen atoms in total. The van der Waals surface area contributed by atoms with Crippen molar-refractivity contribution in [3.05, 3.63) is 64.7 Å². The number of hydrogen-bond donors (Lipinski definition) is 1. The predicted octanol–water partition coefficient (Wildman–Crippen LogP) is 4.73. The number of thioether (sulfide) groups is 1. The van der Waals surface area contributed by atoms with Crippen LogP contribution in [0, 0.1) is 0 Å². The Balaban J connectivity index is 1.74. The zero-order valence-corrected chi connectivity index (χ0v) is 15.2. The highest BCUT2D eigenvalue weighted by Crippen LogP contribution is 2.28. The van der Waals surface area contributed by atoms with E-state index in [4.69, 9.17) is 17.4 Å². The molecule has 124 valence electrons. The average molecular weight is 359 g/mol. The molecule has 0 unspecified atom stereocenters. The zero-order valence-electron chi connectivity index (χ0n) is 13.6. The molecule has 3 rings (SSSR count). The number of nitrogen functional groups attached to an aromatic ring is 1. The Hall–Kier alpha value is -1.98. The number of nitrogens with two attached hydrogens (primary N) is 1. The number of benzene rings is 2. The minimum absolute atomic E-state index is 0.539. The first-order valence-corrected chi connectivity index (χ1v) is 9.09. The second-order valence-corrected chi connectivity index (χ2v) is 7.19. The Morgan fingerprint density at radius 1 is 1.08 bits per heavy atom. The maximum Gasteiger partial charge on any atom is 0.210 e. The van der Waals surface area contributed by atoms with E-state index in [0.717, 1.165) is 11.3 Å². The van der Waals surface area contributed by atoms with Crippen molar-refractivity contribution in [2.45, 2.75) is 30.7 Å². The molecule has 0 aliphatic carbocycles. The van der Waals surface area contributed by atoms with Gasteiger partial charge in [-0.15, -0.1) is 10.2 Å². The van der Waals surface area contributed by atoms with Crippen LogP contribution in [0.5, 0.6) is 0 Å². The number of rotatable bonds is 5. The molecular formula is C18H19ClN4S. The number of hydrogen-bond acceptors (Lipinski definition) is 4. The van der Waals surface area contributed by atoms with E-state index >= 15 is 0 Å². The Morgan fingerprint density at radius 3 is 2.46 bits per heavy atom. The minimum Gasteiger partial charge on any atom is -0.335 e. The summed E-state index contributed by atoms with van der Waals surface area (Å²) in [5.74, 6) is 8.04. The van der Waals surface area contributed by atoms with Gasteiger partial charge < -0.3 is 5.84 Å². The molecule has 0 aliphatic heterocycles. The van der Waals surface area contributed by atoms with Crippen LogP contribution in [-0.2, 0) is 5.75 Å². The molecule has 0 bridgehead atoms. The van der Waals surface area contributed by atoms with Crippen LogP contribution in [0.2, 0.25) is 5.02 Å². The fourth-order valence-corrected chi connectivity index (χ4v) is 3.38.